The molecule has 1 amide bonds. The Balaban J connectivity index is 1.79. The number of ketones is 1. The highest BCUT2D eigenvalue weighted by molar-refractivity contribution is 9.10. The van der Waals surface area contributed by atoms with Crippen LogP contribution in [0.5, 0.6) is 0 Å². The van der Waals surface area contributed by atoms with Gasteiger partial charge in [-0.25, -0.2) is 4.98 Å². The summed E-state index contributed by atoms with van der Waals surface area (Å²) in [6, 6.07) is 17.3. The van der Waals surface area contributed by atoms with Gasteiger partial charge in [0.1, 0.15) is 23.1 Å². The minimum atomic E-state index is -1.50. The van der Waals surface area contributed by atoms with E-state index in [9.17, 15) is 14.9 Å². The molecule has 0 N–H and O–H groups in total. The smallest absolute Gasteiger partial charge is 0.247 e. The maximum absolute atomic E-state index is 14.2. The van der Waals surface area contributed by atoms with Crippen molar-refractivity contribution in [3.05, 3.63) is 94.0 Å². The van der Waals surface area contributed by atoms with Crippen molar-refractivity contribution in [2.24, 2.45) is 0 Å². The molecule has 2 aliphatic heterocycles. The Kier molecular flexibility index (Phi) is 4.80. The molecule has 0 fully saturated rings. The predicted molar refractivity (Wildman–Crippen MR) is 135 cm³/mol. The molecule has 0 radical (unpaired) electrons. The minimum absolute atomic E-state index is 0.105. The van der Waals surface area contributed by atoms with E-state index >= 15 is 0 Å². The number of fused-ring (bicyclic) bond motifs is 3. The molecule has 4 heterocycles. The molecule has 0 unspecified atom stereocenters. The fourth-order valence-corrected chi connectivity index (χ4v) is 5.89. The van der Waals surface area contributed by atoms with Crippen LogP contribution in [-0.4, -0.2) is 28.3 Å². The number of benzene rings is 1. The topological polar surface area (TPSA) is 82.2 Å². The van der Waals surface area contributed by atoms with E-state index in [-0.39, 0.29) is 17.3 Å². The number of allylic oxidation sites excluding steroid dienone is 1. The van der Waals surface area contributed by atoms with Crippen molar-refractivity contribution in [1.29, 1.82) is 5.26 Å². The molecule has 6 rings (SSSR count). The summed E-state index contributed by atoms with van der Waals surface area (Å²) in [5.41, 5.74) is 1.20. The summed E-state index contributed by atoms with van der Waals surface area (Å²) in [5, 5.41) is 10.7. The van der Waals surface area contributed by atoms with Gasteiger partial charge in [-0.3, -0.25) is 14.5 Å². The highest BCUT2D eigenvalue weighted by Gasteiger charge is 2.62. The number of carbonyl (C=O) groups excluding carboxylic acids is 2. The van der Waals surface area contributed by atoms with Gasteiger partial charge in [0.2, 0.25) is 5.91 Å². The zero-order valence-corrected chi connectivity index (χ0v) is 20.5. The van der Waals surface area contributed by atoms with Crippen LogP contribution in [0.4, 0.5) is 11.5 Å². The molecular formula is C27H20BrN5O2. The standard InChI is InChI=1S/C27H20BrN5O2/c1-31-20-8-3-2-7-18(20)27(26(31)35)19(15-29)25(32-13-4-5-14-32)33(23-12-11-17(28)16-30-23)21-9-6-10-22(34)24(21)27/h2-5,7-8,11-14,16H,6,9-10H2,1H3/t27-/m0/s1. The SMILES string of the molecule is CN1C(=O)[C@]2(C(C#N)=C(n3cccc3)N(c3ccc(Br)cn3)C3=C2C(=O)CCC3)c2ccccc21. The zero-order valence-electron chi connectivity index (χ0n) is 18.9. The summed E-state index contributed by atoms with van der Waals surface area (Å²) >= 11 is 3.44. The molecule has 3 aliphatic rings. The lowest BCUT2D eigenvalue weighted by molar-refractivity contribution is -0.123. The first-order valence-corrected chi connectivity index (χ1v) is 12.1. The Labute approximate surface area is 210 Å². The van der Waals surface area contributed by atoms with E-state index in [4.69, 9.17) is 0 Å². The van der Waals surface area contributed by atoms with Crippen LogP contribution in [0.3, 0.4) is 0 Å². The third-order valence-corrected chi connectivity index (χ3v) is 7.51. The van der Waals surface area contributed by atoms with Gasteiger partial charge in [-0.1, -0.05) is 18.2 Å². The molecule has 7 nitrogen and oxygen atoms in total. The van der Waals surface area contributed by atoms with Gasteiger partial charge >= 0.3 is 0 Å². The first kappa shape index (κ1) is 21.6. The van der Waals surface area contributed by atoms with Gasteiger partial charge in [-0.15, -0.1) is 0 Å². The number of hydrogen-bond acceptors (Lipinski definition) is 5. The Bertz CT molecular complexity index is 1500. The van der Waals surface area contributed by atoms with E-state index in [2.05, 4.69) is 27.0 Å². The Morgan fingerprint density at radius 1 is 1.06 bits per heavy atom. The number of pyridine rings is 1. The van der Waals surface area contributed by atoms with Crippen molar-refractivity contribution in [3.63, 3.8) is 0 Å². The maximum Gasteiger partial charge on any atom is 0.247 e. The van der Waals surface area contributed by atoms with E-state index in [0.717, 1.165) is 10.2 Å². The molecule has 172 valence electrons. The van der Waals surface area contributed by atoms with E-state index in [1.807, 2.05) is 70.4 Å². The van der Waals surface area contributed by atoms with E-state index in [1.54, 1.807) is 18.1 Å². The molecule has 35 heavy (non-hydrogen) atoms. The predicted octanol–water partition coefficient (Wildman–Crippen LogP) is 4.78. The van der Waals surface area contributed by atoms with Gasteiger partial charge in [0.25, 0.3) is 0 Å². The van der Waals surface area contributed by atoms with Gasteiger partial charge in [0, 0.05) is 59.1 Å². The molecule has 1 aromatic carbocycles. The first-order chi connectivity index (χ1) is 17.0. The van der Waals surface area contributed by atoms with Crippen LogP contribution in [0, 0.1) is 11.3 Å². The number of carbonyl (C=O) groups is 2. The molecule has 8 heteroatoms. The lowest BCUT2D eigenvalue weighted by Crippen LogP contribution is -2.51. The number of halogens is 1. The quantitative estimate of drug-likeness (QED) is 0.480. The number of hydrogen-bond donors (Lipinski definition) is 0. The third-order valence-electron chi connectivity index (χ3n) is 7.04. The molecule has 1 atom stereocenters. The summed E-state index contributed by atoms with van der Waals surface area (Å²) in [5.74, 6) is 0.699. The van der Waals surface area contributed by atoms with Crippen molar-refractivity contribution >= 4 is 44.9 Å². The molecule has 0 bridgehead atoms. The molecular weight excluding hydrogens is 506 g/mol. The number of para-hydroxylation sites is 1. The lowest BCUT2D eigenvalue weighted by atomic mass is 9.63. The van der Waals surface area contributed by atoms with Crippen LogP contribution in [0.25, 0.3) is 5.82 Å². The highest BCUT2D eigenvalue weighted by atomic mass is 79.9. The molecule has 1 aliphatic carbocycles. The van der Waals surface area contributed by atoms with Crippen molar-refractivity contribution in [1.82, 2.24) is 9.55 Å². The zero-order chi connectivity index (χ0) is 24.3. The average molecular weight is 526 g/mol. The second kappa shape index (κ2) is 7.79. The van der Waals surface area contributed by atoms with Crippen LogP contribution >= 0.6 is 15.9 Å². The average Bonchev–Trinajstić information content (AvgIpc) is 3.48. The van der Waals surface area contributed by atoms with Crippen LogP contribution in [0.2, 0.25) is 0 Å². The van der Waals surface area contributed by atoms with Crippen molar-refractivity contribution in [3.8, 4) is 6.07 Å². The van der Waals surface area contributed by atoms with E-state index < -0.39 is 5.41 Å². The molecule has 0 saturated carbocycles. The third kappa shape index (κ3) is 2.79. The summed E-state index contributed by atoms with van der Waals surface area (Å²) in [6.07, 6.45) is 6.96. The number of likely N-dealkylation sites (N-methyl/N-ethyl adjacent to an activating group) is 1. The van der Waals surface area contributed by atoms with E-state index in [0.29, 0.717) is 47.7 Å². The number of aromatic nitrogens is 2. The van der Waals surface area contributed by atoms with Gasteiger partial charge in [0.15, 0.2) is 5.78 Å². The summed E-state index contributed by atoms with van der Waals surface area (Å²) in [6.45, 7) is 0. The molecule has 3 aromatic rings. The molecule has 0 saturated heterocycles. The monoisotopic (exact) mass is 525 g/mol. The van der Waals surface area contributed by atoms with Gasteiger partial charge < -0.3 is 9.47 Å². The van der Waals surface area contributed by atoms with Gasteiger partial charge in [-0.05, 0) is 59.1 Å². The van der Waals surface area contributed by atoms with Crippen LogP contribution < -0.4 is 9.80 Å². The van der Waals surface area contributed by atoms with Crippen molar-refractivity contribution < 1.29 is 9.59 Å². The fourth-order valence-electron chi connectivity index (χ4n) is 5.65. The maximum atomic E-state index is 14.2. The van der Waals surface area contributed by atoms with Gasteiger partial charge in [-0.2, -0.15) is 5.26 Å². The number of nitriles is 1. The lowest BCUT2D eigenvalue weighted by Gasteiger charge is -2.44. The van der Waals surface area contributed by atoms with Crippen molar-refractivity contribution in [2.75, 3.05) is 16.8 Å². The second-order valence-corrected chi connectivity index (χ2v) is 9.72. The Morgan fingerprint density at radius 2 is 1.83 bits per heavy atom. The summed E-state index contributed by atoms with van der Waals surface area (Å²) in [7, 11) is 1.70. The summed E-state index contributed by atoms with van der Waals surface area (Å²) in [4.78, 5) is 36.0. The number of anilines is 2. The van der Waals surface area contributed by atoms with E-state index in [1.165, 1.54) is 0 Å². The fraction of sp³-hybridized carbons (Fsp3) is 0.185. The number of amides is 1. The Morgan fingerprint density at radius 3 is 2.54 bits per heavy atom. The number of Topliss-reactive ketones (excluding diaryl/α,β-unsaturated/α-hetero) is 1. The van der Waals surface area contributed by atoms with Crippen LogP contribution in [0.1, 0.15) is 24.8 Å². The Hall–Kier alpha value is -3.96. The summed E-state index contributed by atoms with van der Waals surface area (Å²) < 4.78 is 2.65. The largest absolute Gasteiger partial charge is 0.314 e. The number of rotatable bonds is 2. The van der Waals surface area contributed by atoms with Crippen LogP contribution in [-0.2, 0) is 15.0 Å². The second-order valence-electron chi connectivity index (χ2n) is 8.80. The molecule has 1 spiro atoms. The first-order valence-electron chi connectivity index (χ1n) is 11.3. The van der Waals surface area contributed by atoms with Crippen LogP contribution in [0.15, 0.2) is 88.4 Å². The highest BCUT2D eigenvalue weighted by Crippen LogP contribution is 2.57. The van der Waals surface area contributed by atoms with Gasteiger partial charge in [0.05, 0.1) is 5.57 Å². The van der Waals surface area contributed by atoms with Crippen molar-refractivity contribution in [2.45, 2.75) is 24.7 Å². The molecule has 2 aromatic heterocycles. The minimum Gasteiger partial charge on any atom is -0.314 e. The normalized spacial score (nSPS) is 21.5. The number of nitrogens with zero attached hydrogens (tertiary/aromatic N) is 5.